The first-order valence-corrected chi connectivity index (χ1v) is 6.55. The van der Waals surface area contributed by atoms with Crippen LogP contribution in [0.1, 0.15) is 13.8 Å². The Labute approximate surface area is 114 Å². The van der Waals surface area contributed by atoms with Crippen LogP contribution in [0.25, 0.3) is 10.8 Å². The van der Waals surface area contributed by atoms with E-state index in [2.05, 4.69) is 24.1 Å². The number of rotatable bonds is 5. The van der Waals surface area contributed by atoms with Gasteiger partial charge in [0, 0.05) is 24.2 Å². The van der Waals surface area contributed by atoms with E-state index in [-0.39, 0.29) is 6.04 Å². The van der Waals surface area contributed by atoms with Gasteiger partial charge in [-0.2, -0.15) is 0 Å². The quantitative estimate of drug-likeness (QED) is 0.866. The number of aromatic nitrogens is 1. The van der Waals surface area contributed by atoms with Gasteiger partial charge in [0.05, 0.1) is 7.11 Å². The summed E-state index contributed by atoms with van der Waals surface area (Å²) in [5.74, 6) is 2.19. The third-order valence-corrected chi connectivity index (χ3v) is 3.35. The highest BCUT2D eigenvalue weighted by Gasteiger charge is 2.13. The molecule has 4 heteroatoms. The Hall–Kier alpha value is -1.81. The predicted molar refractivity (Wildman–Crippen MR) is 79.6 cm³/mol. The van der Waals surface area contributed by atoms with Crippen LogP contribution in [0, 0.1) is 5.92 Å². The Morgan fingerprint density at radius 2 is 2.11 bits per heavy atom. The molecular weight excluding hydrogens is 238 g/mol. The Kier molecular flexibility index (Phi) is 4.22. The van der Waals surface area contributed by atoms with E-state index in [1.165, 1.54) is 0 Å². The van der Waals surface area contributed by atoms with Crippen LogP contribution in [0.5, 0.6) is 5.75 Å². The molecule has 1 atom stereocenters. The van der Waals surface area contributed by atoms with Crippen molar-refractivity contribution in [2.75, 3.05) is 19.0 Å². The maximum Gasteiger partial charge on any atom is 0.134 e. The predicted octanol–water partition coefficient (Wildman–Crippen LogP) is 2.64. The minimum Gasteiger partial charge on any atom is -0.497 e. The molecule has 0 fully saturated rings. The molecule has 0 radical (unpaired) electrons. The van der Waals surface area contributed by atoms with Crippen LogP contribution in [0.3, 0.4) is 0 Å². The lowest BCUT2D eigenvalue weighted by atomic mass is 10.0. The van der Waals surface area contributed by atoms with Crippen LogP contribution < -0.4 is 15.8 Å². The number of pyridine rings is 1. The smallest absolute Gasteiger partial charge is 0.134 e. The lowest BCUT2D eigenvalue weighted by Gasteiger charge is -2.22. The summed E-state index contributed by atoms with van der Waals surface area (Å²) in [6.45, 7) is 4.89. The van der Waals surface area contributed by atoms with E-state index in [0.29, 0.717) is 12.5 Å². The number of benzene rings is 1. The number of hydrogen-bond acceptors (Lipinski definition) is 4. The highest BCUT2D eigenvalue weighted by Crippen LogP contribution is 2.26. The Bertz CT molecular complexity index is 554. The van der Waals surface area contributed by atoms with Gasteiger partial charge in [-0.25, -0.2) is 4.98 Å². The average Bonchev–Trinajstić information content (AvgIpc) is 2.43. The summed E-state index contributed by atoms with van der Waals surface area (Å²) in [4.78, 5) is 4.43. The molecule has 0 bridgehead atoms. The van der Waals surface area contributed by atoms with Crippen LogP contribution in [-0.2, 0) is 0 Å². The molecule has 0 saturated carbocycles. The lowest BCUT2D eigenvalue weighted by Crippen LogP contribution is -2.34. The van der Waals surface area contributed by atoms with Crippen LogP contribution in [0.15, 0.2) is 30.5 Å². The van der Waals surface area contributed by atoms with Gasteiger partial charge in [-0.3, -0.25) is 0 Å². The molecule has 2 aromatic rings. The molecule has 19 heavy (non-hydrogen) atoms. The van der Waals surface area contributed by atoms with Crippen molar-refractivity contribution in [1.29, 1.82) is 0 Å². The fraction of sp³-hybridized carbons (Fsp3) is 0.400. The van der Waals surface area contributed by atoms with Crippen molar-refractivity contribution in [2.24, 2.45) is 11.7 Å². The van der Waals surface area contributed by atoms with E-state index < -0.39 is 0 Å². The summed E-state index contributed by atoms with van der Waals surface area (Å²) >= 11 is 0. The van der Waals surface area contributed by atoms with E-state index >= 15 is 0 Å². The normalized spacial score (nSPS) is 12.7. The second kappa shape index (κ2) is 5.89. The number of hydrogen-bond donors (Lipinski definition) is 2. The van der Waals surface area contributed by atoms with Crippen LogP contribution in [0.2, 0.25) is 0 Å². The van der Waals surface area contributed by atoms with Crippen molar-refractivity contribution in [1.82, 2.24) is 4.98 Å². The SMILES string of the molecule is COc1ccc2c(NC(CN)C(C)C)nccc2c1. The van der Waals surface area contributed by atoms with Gasteiger partial charge in [-0.05, 0) is 35.6 Å². The second-order valence-corrected chi connectivity index (χ2v) is 4.98. The first-order chi connectivity index (χ1) is 9.15. The molecule has 3 N–H and O–H groups in total. The number of nitrogens with zero attached hydrogens (tertiary/aromatic N) is 1. The molecule has 0 aliphatic heterocycles. The Morgan fingerprint density at radius 1 is 1.32 bits per heavy atom. The molecule has 4 nitrogen and oxygen atoms in total. The first kappa shape index (κ1) is 13.6. The molecule has 1 heterocycles. The number of nitrogens with two attached hydrogens (primary N) is 1. The lowest BCUT2D eigenvalue weighted by molar-refractivity contribution is 0.415. The molecule has 0 spiro atoms. The van der Waals surface area contributed by atoms with Crippen molar-refractivity contribution in [3.63, 3.8) is 0 Å². The molecule has 1 unspecified atom stereocenters. The zero-order valence-corrected chi connectivity index (χ0v) is 11.7. The van der Waals surface area contributed by atoms with Gasteiger partial charge in [0.1, 0.15) is 11.6 Å². The number of nitrogens with one attached hydrogen (secondary N) is 1. The van der Waals surface area contributed by atoms with Gasteiger partial charge in [0.2, 0.25) is 0 Å². The molecule has 1 aromatic carbocycles. The molecule has 0 saturated heterocycles. The zero-order chi connectivity index (χ0) is 13.8. The second-order valence-electron chi connectivity index (χ2n) is 4.98. The molecule has 1 aromatic heterocycles. The number of ether oxygens (including phenoxy) is 1. The molecule has 0 aliphatic carbocycles. The monoisotopic (exact) mass is 259 g/mol. The van der Waals surface area contributed by atoms with Crippen molar-refractivity contribution in [2.45, 2.75) is 19.9 Å². The van der Waals surface area contributed by atoms with E-state index in [4.69, 9.17) is 10.5 Å². The fourth-order valence-corrected chi connectivity index (χ4v) is 2.07. The van der Waals surface area contributed by atoms with Crippen molar-refractivity contribution < 1.29 is 4.74 Å². The van der Waals surface area contributed by atoms with Crippen molar-refractivity contribution in [3.05, 3.63) is 30.5 Å². The summed E-state index contributed by atoms with van der Waals surface area (Å²) in [6, 6.07) is 8.19. The fourth-order valence-electron chi connectivity index (χ4n) is 2.07. The zero-order valence-electron chi connectivity index (χ0n) is 11.7. The first-order valence-electron chi connectivity index (χ1n) is 6.55. The van der Waals surface area contributed by atoms with Gasteiger partial charge in [0.25, 0.3) is 0 Å². The highest BCUT2D eigenvalue weighted by atomic mass is 16.5. The molecule has 0 aliphatic rings. The number of methoxy groups -OCH3 is 1. The van der Waals surface area contributed by atoms with Gasteiger partial charge < -0.3 is 15.8 Å². The minimum absolute atomic E-state index is 0.222. The molecular formula is C15H21N3O. The van der Waals surface area contributed by atoms with E-state index in [9.17, 15) is 0 Å². The van der Waals surface area contributed by atoms with Gasteiger partial charge in [-0.1, -0.05) is 13.8 Å². The van der Waals surface area contributed by atoms with Gasteiger partial charge in [-0.15, -0.1) is 0 Å². The van der Waals surface area contributed by atoms with E-state index in [1.807, 2.05) is 24.3 Å². The van der Waals surface area contributed by atoms with E-state index in [0.717, 1.165) is 22.3 Å². The molecule has 102 valence electrons. The largest absolute Gasteiger partial charge is 0.497 e. The van der Waals surface area contributed by atoms with Crippen molar-refractivity contribution in [3.8, 4) is 5.75 Å². The summed E-state index contributed by atoms with van der Waals surface area (Å²) in [6.07, 6.45) is 1.80. The number of fused-ring (bicyclic) bond motifs is 1. The summed E-state index contributed by atoms with van der Waals surface area (Å²) in [5, 5.41) is 5.62. The van der Waals surface area contributed by atoms with Crippen LogP contribution in [-0.4, -0.2) is 24.7 Å². The molecule has 2 rings (SSSR count). The summed E-state index contributed by atoms with van der Waals surface area (Å²) < 4.78 is 5.24. The average molecular weight is 259 g/mol. The van der Waals surface area contributed by atoms with E-state index in [1.54, 1.807) is 13.3 Å². The van der Waals surface area contributed by atoms with Gasteiger partial charge in [0.15, 0.2) is 0 Å². The topological polar surface area (TPSA) is 60.2 Å². The van der Waals surface area contributed by atoms with Crippen LogP contribution >= 0.6 is 0 Å². The van der Waals surface area contributed by atoms with Gasteiger partial charge >= 0.3 is 0 Å². The maximum atomic E-state index is 5.80. The van der Waals surface area contributed by atoms with Crippen molar-refractivity contribution >= 4 is 16.6 Å². The summed E-state index contributed by atoms with van der Waals surface area (Å²) in [7, 11) is 1.67. The third kappa shape index (κ3) is 2.96. The summed E-state index contributed by atoms with van der Waals surface area (Å²) in [5.41, 5.74) is 5.80. The maximum absolute atomic E-state index is 5.80. The number of anilines is 1. The Balaban J connectivity index is 2.38. The standard InChI is InChI=1S/C15H21N3O/c1-10(2)14(9-16)18-15-13-5-4-12(19-3)8-11(13)6-7-17-15/h4-8,10,14H,9,16H2,1-3H3,(H,17,18). The third-order valence-electron chi connectivity index (χ3n) is 3.35. The highest BCUT2D eigenvalue weighted by molar-refractivity contribution is 5.92. The molecule has 0 amide bonds. The minimum atomic E-state index is 0.222. The Morgan fingerprint density at radius 3 is 2.74 bits per heavy atom. The van der Waals surface area contributed by atoms with Crippen LogP contribution in [0.4, 0.5) is 5.82 Å².